The fourth-order valence-electron chi connectivity index (χ4n) is 2.17. The van der Waals surface area contributed by atoms with E-state index in [2.05, 4.69) is 11.1 Å². The second kappa shape index (κ2) is 4.15. The van der Waals surface area contributed by atoms with Crippen molar-refractivity contribution in [2.24, 2.45) is 0 Å². The first-order valence-corrected chi connectivity index (χ1v) is 5.93. The average molecular weight is 235 g/mol. The largest absolute Gasteiger partial charge is 0.360 e. The van der Waals surface area contributed by atoms with Gasteiger partial charge < -0.3 is 4.98 Å². The molecule has 2 aromatic carbocycles. The van der Waals surface area contributed by atoms with Crippen LogP contribution in [-0.2, 0) is 0 Å². The average Bonchev–Trinajstić information content (AvgIpc) is 2.81. The zero-order valence-corrected chi connectivity index (χ0v) is 10.1. The molecule has 0 bridgehead atoms. The molecule has 0 aliphatic rings. The number of H-pyrrole nitrogens is 1. The number of nitrogens with one attached hydrogen (secondary N) is 1. The minimum atomic E-state index is 0.0608. The number of carbonyl (C=O) groups excluding carboxylic acids is 1. The van der Waals surface area contributed by atoms with Crippen LogP contribution >= 0.6 is 0 Å². The van der Waals surface area contributed by atoms with Gasteiger partial charge >= 0.3 is 0 Å². The molecule has 0 spiro atoms. The molecule has 0 fully saturated rings. The Kier molecular flexibility index (Phi) is 2.49. The topological polar surface area (TPSA) is 32.9 Å². The predicted molar refractivity (Wildman–Crippen MR) is 72.9 cm³/mol. The second-order valence-electron chi connectivity index (χ2n) is 4.45. The summed E-state index contributed by atoms with van der Waals surface area (Å²) in [6.07, 6.45) is 1.79. The molecule has 0 aliphatic heterocycles. The highest BCUT2D eigenvalue weighted by atomic mass is 16.1. The lowest BCUT2D eigenvalue weighted by molar-refractivity contribution is 0.104. The van der Waals surface area contributed by atoms with E-state index >= 15 is 0 Å². The summed E-state index contributed by atoms with van der Waals surface area (Å²) in [5.41, 5.74) is 3.65. The van der Waals surface area contributed by atoms with Gasteiger partial charge in [-0.15, -0.1) is 0 Å². The Morgan fingerprint density at radius 1 is 1.06 bits per heavy atom. The Labute approximate surface area is 105 Å². The molecule has 1 heterocycles. The lowest BCUT2D eigenvalue weighted by Gasteiger charge is -1.99. The molecule has 3 rings (SSSR count). The summed E-state index contributed by atoms with van der Waals surface area (Å²) in [5.74, 6) is 0.0608. The molecule has 0 atom stereocenters. The van der Waals surface area contributed by atoms with E-state index in [-0.39, 0.29) is 5.78 Å². The zero-order chi connectivity index (χ0) is 12.5. The SMILES string of the molecule is Cc1ccc2c(C(=O)c3ccccc3)c[nH]c2c1. The van der Waals surface area contributed by atoms with Gasteiger partial charge in [0.05, 0.1) is 0 Å². The Morgan fingerprint density at radius 3 is 2.61 bits per heavy atom. The van der Waals surface area contributed by atoms with Gasteiger partial charge in [0.25, 0.3) is 0 Å². The number of rotatable bonds is 2. The molecule has 2 heteroatoms. The minimum absolute atomic E-state index is 0.0608. The van der Waals surface area contributed by atoms with E-state index in [0.717, 1.165) is 22.0 Å². The molecular formula is C16H13NO. The summed E-state index contributed by atoms with van der Waals surface area (Å²) in [7, 11) is 0. The molecule has 18 heavy (non-hydrogen) atoms. The van der Waals surface area contributed by atoms with Crippen molar-refractivity contribution < 1.29 is 4.79 Å². The van der Waals surface area contributed by atoms with Crippen molar-refractivity contribution in [2.45, 2.75) is 6.92 Å². The number of aromatic nitrogens is 1. The lowest BCUT2D eigenvalue weighted by Crippen LogP contribution is -1.99. The molecule has 0 saturated heterocycles. The van der Waals surface area contributed by atoms with E-state index in [1.165, 1.54) is 5.56 Å². The molecule has 0 saturated carbocycles. The van der Waals surface area contributed by atoms with Crippen LogP contribution < -0.4 is 0 Å². The van der Waals surface area contributed by atoms with Gasteiger partial charge in [0.15, 0.2) is 5.78 Å². The van der Waals surface area contributed by atoms with Gasteiger partial charge in [0.2, 0.25) is 0 Å². The van der Waals surface area contributed by atoms with Gasteiger partial charge in [-0.2, -0.15) is 0 Å². The summed E-state index contributed by atoms with van der Waals surface area (Å²) in [5, 5.41) is 0.981. The Balaban J connectivity index is 2.13. The summed E-state index contributed by atoms with van der Waals surface area (Å²) < 4.78 is 0. The number of ketones is 1. The van der Waals surface area contributed by atoms with Gasteiger partial charge in [0.1, 0.15) is 0 Å². The highest BCUT2D eigenvalue weighted by Crippen LogP contribution is 2.22. The van der Waals surface area contributed by atoms with Gasteiger partial charge in [-0.1, -0.05) is 42.5 Å². The lowest BCUT2D eigenvalue weighted by atomic mass is 10.0. The van der Waals surface area contributed by atoms with Crippen molar-refractivity contribution >= 4 is 16.7 Å². The highest BCUT2D eigenvalue weighted by molar-refractivity contribution is 6.16. The van der Waals surface area contributed by atoms with Gasteiger partial charge in [-0.3, -0.25) is 4.79 Å². The van der Waals surface area contributed by atoms with Crippen LogP contribution in [0.25, 0.3) is 10.9 Å². The molecule has 0 unspecified atom stereocenters. The molecule has 2 nitrogen and oxygen atoms in total. The third-order valence-electron chi connectivity index (χ3n) is 3.12. The molecular weight excluding hydrogens is 222 g/mol. The van der Waals surface area contributed by atoms with E-state index in [9.17, 15) is 4.79 Å². The summed E-state index contributed by atoms with van der Waals surface area (Å²) in [6.45, 7) is 2.04. The maximum absolute atomic E-state index is 12.4. The third kappa shape index (κ3) is 1.72. The second-order valence-corrected chi connectivity index (χ2v) is 4.45. The number of hydrogen-bond donors (Lipinski definition) is 1. The quantitative estimate of drug-likeness (QED) is 0.675. The molecule has 88 valence electrons. The Hall–Kier alpha value is -2.35. The van der Waals surface area contributed by atoms with E-state index in [1.54, 1.807) is 6.20 Å². The van der Waals surface area contributed by atoms with E-state index in [0.29, 0.717) is 0 Å². The fourth-order valence-corrected chi connectivity index (χ4v) is 2.17. The summed E-state index contributed by atoms with van der Waals surface area (Å²) in [4.78, 5) is 15.5. The van der Waals surface area contributed by atoms with Crippen LogP contribution in [0.3, 0.4) is 0 Å². The van der Waals surface area contributed by atoms with Crippen molar-refractivity contribution in [1.29, 1.82) is 0 Å². The van der Waals surface area contributed by atoms with E-state index < -0.39 is 0 Å². The Bertz CT molecular complexity index is 710. The van der Waals surface area contributed by atoms with Crippen LogP contribution in [0, 0.1) is 6.92 Å². The molecule has 0 aliphatic carbocycles. The molecule has 3 aromatic rings. The van der Waals surface area contributed by atoms with Crippen molar-refractivity contribution in [3.05, 3.63) is 71.4 Å². The smallest absolute Gasteiger partial charge is 0.195 e. The van der Waals surface area contributed by atoms with Crippen LogP contribution in [0.2, 0.25) is 0 Å². The number of aromatic amines is 1. The maximum Gasteiger partial charge on any atom is 0.195 e. The molecule has 0 amide bonds. The number of benzene rings is 2. The van der Waals surface area contributed by atoms with Crippen LogP contribution in [0.4, 0.5) is 0 Å². The number of hydrogen-bond acceptors (Lipinski definition) is 1. The van der Waals surface area contributed by atoms with E-state index in [4.69, 9.17) is 0 Å². The summed E-state index contributed by atoms with van der Waals surface area (Å²) >= 11 is 0. The number of carbonyl (C=O) groups is 1. The molecule has 0 radical (unpaired) electrons. The Morgan fingerprint density at radius 2 is 1.83 bits per heavy atom. The highest BCUT2D eigenvalue weighted by Gasteiger charge is 2.13. The van der Waals surface area contributed by atoms with Gasteiger partial charge in [-0.05, 0) is 18.6 Å². The number of fused-ring (bicyclic) bond motifs is 1. The van der Waals surface area contributed by atoms with Crippen LogP contribution in [-0.4, -0.2) is 10.8 Å². The predicted octanol–water partition coefficient (Wildman–Crippen LogP) is 3.71. The van der Waals surface area contributed by atoms with Crippen LogP contribution in [0.1, 0.15) is 21.5 Å². The first-order valence-electron chi connectivity index (χ1n) is 5.93. The summed E-state index contributed by atoms with van der Waals surface area (Å²) in [6, 6.07) is 15.4. The third-order valence-corrected chi connectivity index (χ3v) is 3.12. The minimum Gasteiger partial charge on any atom is -0.360 e. The standard InChI is InChI=1S/C16H13NO/c1-11-7-8-13-14(10-17-15(13)9-11)16(18)12-5-3-2-4-6-12/h2-10,17H,1H3. The van der Waals surface area contributed by atoms with Gasteiger partial charge in [-0.25, -0.2) is 0 Å². The number of aryl methyl sites for hydroxylation is 1. The van der Waals surface area contributed by atoms with E-state index in [1.807, 2.05) is 49.4 Å². The monoisotopic (exact) mass is 235 g/mol. The van der Waals surface area contributed by atoms with Crippen molar-refractivity contribution in [3.63, 3.8) is 0 Å². The van der Waals surface area contributed by atoms with Crippen LogP contribution in [0.5, 0.6) is 0 Å². The first-order chi connectivity index (χ1) is 8.75. The maximum atomic E-state index is 12.4. The molecule has 1 aromatic heterocycles. The first kappa shape index (κ1) is 10.8. The van der Waals surface area contributed by atoms with Crippen LogP contribution in [0.15, 0.2) is 54.7 Å². The van der Waals surface area contributed by atoms with Crippen molar-refractivity contribution in [1.82, 2.24) is 4.98 Å². The molecule has 1 N–H and O–H groups in total. The fraction of sp³-hybridized carbons (Fsp3) is 0.0625. The zero-order valence-electron chi connectivity index (χ0n) is 10.1. The van der Waals surface area contributed by atoms with Gasteiger partial charge in [0, 0.05) is 28.2 Å². The normalized spacial score (nSPS) is 10.7. The van der Waals surface area contributed by atoms with Crippen molar-refractivity contribution in [3.8, 4) is 0 Å². The van der Waals surface area contributed by atoms with Crippen molar-refractivity contribution in [2.75, 3.05) is 0 Å².